The molecule has 0 spiro atoms. The van der Waals surface area contributed by atoms with Gasteiger partial charge in [-0.15, -0.1) is 10.2 Å². The number of furan rings is 1. The van der Waals surface area contributed by atoms with Gasteiger partial charge in [0.2, 0.25) is 25.1 Å². The zero-order valence-electron chi connectivity index (χ0n) is 15.2. The van der Waals surface area contributed by atoms with Gasteiger partial charge in [0.05, 0.1) is 6.26 Å². The van der Waals surface area contributed by atoms with E-state index in [0.717, 1.165) is 6.26 Å². The fourth-order valence-corrected chi connectivity index (χ4v) is 3.58. The highest BCUT2D eigenvalue weighted by Crippen LogP contribution is 2.21. The third kappa shape index (κ3) is 5.16. The molecule has 0 aliphatic heterocycles. The Balaban J connectivity index is 1.69. The highest BCUT2D eigenvalue weighted by Gasteiger charge is 2.17. The molecule has 0 fully saturated rings. The Kier molecular flexibility index (Phi) is 6.05. The van der Waals surface area contributed by atoms with Crippen molar-refractivity contribution >= 4 is 44.3 Å². The van der Waals surface area contributed by atoms with E-state index < -0.39 is 21.7 Å². The van der Waals surface area contributed by atoms with Crippen molar-refractivity contribution in [3.8, 4) is 11.8 Å². The molecule has 10 nitrogen and oxygen atoms in total. The Hall–Kier alpha value is -3.82. The lowest BCUT2D eigenvalue weighted by atomic mass is 10.1. The fraction of sp³-hybridized carbons (Fsp3) is 0.0556. The van der Waals surface area contributed by atoms with E-state index in [2.05, 4.69) is 15.5 Å². The first-order valence-electron chi connectivity index (χ1n) is 8.09. The number of aromatic nitrogens is 2. The Bertz CT molecular complexity index is 1250. The van der Waals surface area contributed by atoms with Crippen LogP contribution in [0.3, 0.4) is 0 Å². The maximum absolute atomic E-state index is 12.3. The molecule has 0 radical (unpaired) electrons. The first-order chi connectivity index (χ1) is 14.3. The monoisotopic (exact) mass is 444 g/mol. The van der Waals surface area contributed by atoms with Crippen LogP contribution in [0.4, 0.5) is 5.13 Å². The Morgan fingerprint density at radius 3 is 2.53 bits per heavy atom. The number of sulfone groups is 1. The Morgan fingerprint density at radius 1 is 1.23 bits per heavy atom. The average molecular weight is 444 g/mol. The van der Waals surface area contributed by atoms with Gasteiger partial charge in [-0.1, -0.05) is 23.5 Å². The Labute approximate surface area is 174 Å². The maximum Gasteiger partial charge on any atom is 0.379 e. The minimum absolute atomic E-state index is 0.0538. The lowest BCUT2D eigenvalue weighted by Gasteiger charge is -2.03. The maximum atomic E-state index is 12.3. The summed E-state index contributed by atoms with van der Waals surface area (Å²) >= 11 is 0.674. The van der Waals surface area contributed by atoms with Gasteiger partial charge in [0.1, 0.15) is 17.4 Å². The van der Waals surface area contributed by atoms with Gasteiger partial charge < -0.3 is 9.15 Å². The van der Waals surface area contributed by atoms with Gasteiger partial charge in [0.15, 0.2) is 0 Å². The van der Waals surface area contributed by atoms with Gasteiger partial charge in [-0.25, -0.2) is 13.2 Å². The van der Waals surface area contributed by atoms with E-state index in [1.807, 2.05) is 0 Å². The summed E-state index contributed by atoms with van der Waals surface area (Å²) in [5.41, 5.74) is 0.250. The molecule has 0 saturated carbocycles. The second kappa shape index (κ2) is 8.68. The predicted octanol–water partition coefficient (Wildman–Crippen LogP) is 2.30. The van der Waals surface area contributed by atoms with Crippen LogP contribution in [-0.2, 0) is 14.6 Å². The second-order valence-corrected chi connectivity index (χ2v) is 8.87. The number of nitriles is 1. The van der Waals surface area contributed by atoms with Gasteiger partial charge in [0, 0.05) is 6.26 Å². The number of nitrogens with zero attached hydrogens (tertiary/aromatic N) is 3. The van der Waals surface area contributed by atoms with Crippen LogP contribution >= 0.6 is 11.3 Å². The minimum Gasteiger partial charge on any atom is -0.457 e. The van der Waals surface area contributed by atoms with E-state index in [0.29, 0.717) is 16.9 Å². The van der Waals surface area contributed by atoms with Crippen molar-refractivity contribution in [2.45, 2.75) is 4.34 Å². The zero-order chi connectivity index (χ0) is 21.7. The number of ether oxygens (including phenoxy) is 1. The molecule has 12 heteroatoms. The molecule has 0 aliphatic rings. The number of carbonyl (C=O) groups is 2. The van der Waals surface area contributed by atoms with Crippen LogP contribution in [-0.4, -0.2) is 36.7 Å². The molecule has 0 aliphatic carbocycles. The van der Waals surface area contributed by atoms with Crippen molar-refractivity contribution < 1.29 is 27.2 Å². The second-order valence-electron chi connectivity index (χ2n) is 5.71. The molecular weight excluding hydrogens is 432 g/mol. The number of anilines is 1. The summed E-state index contributed by atoms with van der Waals surface area (Å²) < 4.78 is 32.7. The molecule has 152 valence electrons. The van der Waals surface area contributed by atoms with Crippen LogP contribution in [0, 0.1) is 11.3 Å². The van der Waals surface area contributed by atoms with Crippen LogP contribution in [0.5, 0.6) is 5.75 Å². The number of carbonyl (C=O) groups excluding carboxylic acids is 2. The summed E-state index contributed by atoms with van der Waals surface area (Å²) in [5.74, 6) is -1.13. The van der Waals surface area contributed by atoms with Crippen LogP contribution < -0.4 is 10.1 Å². The number of hydrogen-bond donors (Lipinski definition) is 1. The van der Waals surface area contributed by atoms with E-state index in [1.54, 1.807) is 24.3 Å². The average Bonchev–Trinajstić information content (AvgIpc) is 3.39. The summed E-state index contributed by atoms with van der Waals surface area (Å²) in [6, 6.07) is 10.9. The van der Waals surface area contributed by atoms with Crippen LogP contribution in [0.1, 0.15) is 16.1 Å². The molecule has 1 N–H and O–H groups in total. The summed E-state index contributed by atoms with van der Waals surface area (Å²) in [6.07, 6.45) is 3.63. The van der Waals surface area contributed by atoms with E-state index in [-0.39, 0.29) is 26.6 Å². The predicted molar refractivity (Wildman–Crippen MR) is 105 cm³/mol. The molecule has 3 aromatic rings. The van der Waals surface area contributed by atoms with Gasteiger partial charge in [-0.3, -0.25) is 10.1 Å². The molecule has 0 bridgehead atoms. The lowest BCUT2D eigenvalue weighted by Crippen LogP contribution is -2.13. The third-order valence-electron chi connectivity index (χ3n) is 3.43. The number of rotatable bonds is 6. The summed E-state index contributed by atoms with van der Waals surface area (Å²) in [4.78, 5) is 24.1. The quantitative estimate of drug-likeness (QED) is 0.198. The number of benzene rings is 1. The van der Waals surface area contributed by atoms with Crippen molar-refractivity contribution in [2.75, 3.05) is 11.6 Å². The van der Waals surface area contributed by atoms with Gasteiger partial charge in [0.25, 0.3) is 5.91 Å². The van der Waals surface area contributed by atoms with Crippen molar-refractivity contribution in [3.05, 3.63) is 59.6 Å². The smallest absolute Gasteiger partial charge is 0.379 e. The van der Waals surface area contributed by atoms with E-state index in [4.69, 9.17) is 9.15 Å². The summed E-state index contributed by atoms with van der Waals surface area (Å²) in [5, 5.41) is 18.6. The largest absolute Gasteiger partial charge is 0.457 e. The summed E-state index contributed by atoms with van der Waals surface area (Å²) in [7, 11) is -3.55. The van der Waals surface area contributed by atoms with Crippen LogP contribution in [0.2, 0.25) is 0 Å². The number of esters is 1. The van der Waals surface area contributed by atoms with E-state index in [9.17, 15) is 23.3 Å². The van der Waals surface area contributed by atoms with Gasteiger partial charge in [-0.05, 0) is 35.9 Å². The van der Waals surface area contributed by atoms with Crippen molar-refractivity contribution in [3.63, 3.8) is 0 Å². The van der Waals surface area contributed by atoms with E-state index in [1.165, 1.54) is 30.5 Å². The normalized spacial score (nSPS) is 11.5. The molecule has 0 saturated heterocycles. The number of nitrogens with one attached hydrogen (secondary N) is 1. The first kappa shape index (κ1) is 20.9. The highest BCUT2D eigenvalue weighted by molar-refractivity contribution is 7.92. The van der Waals surface area contributed by atoms with Crippen molar-refractivity contribution in [1.82, 2.24) is 10.2 Å². The molecule has 1 amide bonds. The van der Waals surface area contributed by atoms with Crippen LogP contribution in [0.25, 0.3) is 6.08 Å². The molecule has 0 unspecified atom stereocenters. The van der Waals surface area contributed by atoms with Crippen molar-refractivity contribution in [1.29, 1.82) is 5.26 Å². The first-order valence-corrected chi connectivity index (χ1v) is 10.8. The lowest BCUT2D eigenvalue weighted by molar-refractivity contribution is -0.112. The fourth-order valence-electron chi connectivity index (χ4n) is 2.07. The third-order valence-corrected chi connectivity index (χ3v) is 5.94. The molecule has 30 heavy (non-hydrogen) atoms. The molecule has 3 rings (SSSR count). The topological polar surface area (TPSA) is 152 Å². The molecule has 1 aromatic carbocycles. The molecular formula is C18H12N4O6S2. The molecule has 0 atom stereocenters. The SMILES string of the molecule is CS(=O)(=O)c1nnc(NC(=O)C(C#N)=Cc2ccc(OC(=O)c3ccco3)cc2)s1. The van der Waals surface area contributed by atoms with E-state index >= 15 is 0 Å². The molecule has 2 heterocycles. The molecule has 2 aromatic heterocycles. The summed E-state index contributed by atoms with van der Waals surface area (Å²) in [6.45, 7) is 0. The minimum atomic E-state index is -3.55. The zero-order valence-corrected chi connectivity index (χ0v) is 16.9. The van der Waals surface area contributed by atoms with Gasteiger partial charge in [-0.2, -0.15) is 5.26 Å². The number of amides is 1. The standard InChI is InChI=1S/C18H12N4O6S2/c1-30(25,26)18-22-21-17(29-18)20-15(23)12(10-19)9-11-4-6-13(7-5-11)28-16(24)14-3-2-8-27-14/h2-9H,1H3,(H,20,21,23). The van der Waals surface area contributed by atoms with Crippen molar-refractivity contribution in [2.24, 2.45) is 0 Å². The Morgan fingerprint density at radius 2 is 1.97 bits per heavy atom. The van der Waals surface area contributed by atoms with Gasteiger partial charge >= 0.3 is 5.97 Å². The van der Waals surface area contributed by atoms with Crippen LogP contribution in [0.15, 0.2) is 57.0 Å². The number of hydrogen-bond acceptors (Lipinski definition) is 10. The highest BCUT2D eigenvalue weighted by atomic mass is 32.2.